The monoisotopic (exact) mass is 192 g/mol. The molecule has 0 unspecified atom stereocenters. The van der Waals surface area contributed by atoms with Crippen LogP contribution in [0.5, 0.6) is 0 Å². The number of likely N-dealkylation sites (tertiary alicyclic amines) is 1. The first kappa shape index (κ1) is 9.98. The number of hydrogen-bond acceptors (Lipinski definition) is 2. The van der Waals surface area contributed by atoms with E-state index in [4.69, 9.17) is 5.26 Å². The number of piperidine rings is 1. The number of rotatable bonds is 1. The van der Waals surface area contributed by atoms with Crippen molar-refractivity contribution in [1.82, 2.24) is 4.90 Å². The molecule has 0 aromatic heterocycles. The van der Waals surface area contributed by atoms with Crippen LogP contribution in [-0.2, 0) is 0 Å². The lowest BCUT2D eigenvalue weighted by Gasteiger charge is -2.38. The molecule has 1 saturated carbocycles. The van der Waals surface area contributed by atoms with Crippen LogP contribution in [0.3, 0.4) is 0 Å². The van der Waals surface area contributed by atoms with Crippen molar-refractivity contribution < 1.29 is 0 Å². The van der Waals surface area contributed by atoms with E-state index in [1.165, 1.54) is 45.1 Å². The van der Waals surface area contributed by atoms with Crippen LogP contribution in [0.1, 0.15) is 44.9 Å². The quantitative estimate of drug-likeness (QED) is 0.638. The van der Waals surface area contributed by atoms with Gasteiger partial charge in [-0.25, -0.2) is 0 Å². The minimum atomic E-state index is 0.311. The van der Waals surface area contributed by atoms with Crippen LogP contribution < -0.4 is 0 Å². The summed E-state index contributed by atoms with van der Waals surface area (Å²) in [6.45, 7) is 2.28. The van der Waals surface area contributed by atoms with E-state index in [1.807, 2.05) is 0 Å². The van der Waals surface area contributed by atoms with Crippen molar-refractivity contribution in [3.63, 3.8) is 0 Å². The van der Waals surface area contributed by atoms with Crippen LogP contribution >= 0.6 is 0 Å². The molecule has 1 heterocycles. The Hall–Kier alpha value is -0.550. The molecule has 1 saturated heterocycles. The molecule has 2 nitrogen and oxygen atoms in total. The van der Waals surface area contributed by atoms with Gasteiger partial charge in [-0.3, -0.25) is 4.90 Å². The minimum absolute atomic E-state index is 0.311. The van der Waals surface area contributed by atoms with Crippen LogP contribution in [0.4, 0.5) is 0 Å². The standard InChI is InChI=1S/C12H20N2/c13-9-11-5-4-8-14(10-11)12-6-2-1-3-7-12/h11-12H,1-8,10H2/t11-/m0/s1. The van der Waals surface area contributed by atoms with Crippen LogP contribution in [0.2, 0.25) is 0 Å². The molecule has 2 fully saturated rings. The van der Waals surface area contributed by atoms with Gasteiger partial charge in [0, 0.05) is 12.6 Å². The number of hydrogen-bond donors (Lipinski definition) is 0. The molecule has 78 valence electrons. The van der Waals surface area contributed by atoms with Gasteiger partial charge in [-0.15, -0.1) is 0 Å². The van der Waals surface area contributed by atoms with E-state index < -0.39 is 0 Å². The van der Waals surface area contributed by atoms with Gasteiger partial charge in [-0.05, 0) is 32.2 Å². The fraction of sp³-hybridized carbons (Fsp3) is 0.917. The van der Waals surface area contributed by atoms with E-state index in [1.54, 1.807) is 0 Å². The summed E-state index contributed by atoms with van der Waals surface area (Å²) in [6.07, 6.45) is 9.33. The average Bonchev–Trinajstić information content (AvgIpc) is 2.30. The Morgan fingerprint density at radius 1 is 1.00 bits per heavy atom. The summed E-state index contributed by atoms with van der Waals surface area (Å²) < 4.78 is 0. The Morgan fingerprint density at radius 2 is 1.79 bits per heavy atom. The predicted molar refractivity (Wildman–Crippen MR) is 56.8 cm³/mol. The Kier molecular flexibility index (Phi) is 3.42. The molecule has 1 aliphatic heterocycles. The van der Waals surface area contributed by atoms with Crippen molar-refractivity contribution in [2.45, 2.75) is 51.0 Å². The number of nitrogens with zero attached hydrogens (tertiary/aromatic N) is 2. The molecule has 2 aliphatic rings. The Labute approximate surface area is 86.9 Å². The van der Waals surface area contributed by atoms with E-state index in [9.17, 15) is 0 Å². The van der Waals surface area contributed by atoms with Crippen LogP contribution in [0.15, 0.2) is 0 Å². The van der Waals surface area contributed by atoms with Gasteiger partial charge >= 0.3 is 0 Å². The lowest BCUT2D eigenvalue weighted by atomic mass is 9.91. The molecule has 0 aromatic carbocycles. The Morgan fingerprint density at radius 3 is 2.50 bits per heavy atom. The molecule has 1 aliphatic carbocycles. The van der Waals surface area contributed by atoms with Crippen molar-refractivity contribution in [2.24, 2.45) is 5.92 Å². The first-order valence-electron chi connectivity index (χ1n) is 6.04. The molecule has 2 rings (SSSR count). The van der Waals surface area contributed by atoms with Gasteiger partial charge in [0.25, 0.3) is 0 Å². The molecule has 0 spiro atoms. The second kappa shape index (κ2) is 4.79. The van der Waals surface area contributed by atoms with Crippen molar-refractivity contribution in [2.75, 3.05) is 13.1 Å². The highest BCUT2D eigenvalue weighted by Gasteiger charge is 2.26. The molecule has 14 heavy (non-hydrogen) atoms. The SMILES string of the molecule is N#C[C@@H]1CCCN(C2CCCCC2)C1. The molecular weight excluding hydrogens is 172 g/mol. The van der Waals surface area contributed by atoms with E-state index in [2.05, 4.69) is 11.0 Å². The van der Waals surface area contributed by atoms with Gasteiger partial charge in [0.05, 0.1) is 12.0 Å². The first-order valence-corrected chi connectivity index (χ1v) is 6.04. The summed E-state index contributed by atoms with van der Waals surface area (Å²) in [5, 5.41) is 8.93. The smallest absolute Gasteiger partial charge is 0.0669 e. The third kappa shape index (κ3) is 2.27. The second-order valence-electron chi connectivity index (χ2n) is 4.76. The van der Waals surface area contributed by atoms with Crippen LogP contribution in [0.25, 0.3) is 0 Å². The zero-order valence-electron chi connectivity index (χ0n) is 8.91. The molecule has 0 aromatic rings. The van der Waals surface area contributed by atoms with Crippen molar-refractivity contribution in [3.05, 3.63) is 0 Å². The normalized spacial score (nSPS) is 31.2. The van der Waals surface area contributed by atoms with E-state index >= 15 is 0 Å². The maximum atomic E-state index is 8.93. The average molecular weight is 192 g/mol. The summed E-state index contributed by atoms with van der Waals surface area (Å²) in [4.78, 5) is 2.58. The summed E-state index contributed by atoms with van der Waals surface area (Å²) >= 11 is 0. The van der Waals surface area contributed by atoms with Crippen molar-refractivity contribution in [3.8, 4) is 6.07 Å². The molecule has 0 amide bonds. The lowest BCUT2D eigenvalue weighted by molar-refractivity contribution is 0.113. The maximum Gasteiger partial charge on any atom is 0.0669 e. The highest BCUT2D eigenvalue weighted by atomic mass is 15.2. The molecular formula is C12H20N2. The first-order chi connectivity index (χ1) is 6.90. The summed E-state index contributed by atoms with van der Waals surface area (Å²) in [6, 6.07) is 3.24. The fourth-order valence-electron chi connectivity index (χ4n) is 2.89. The molecule has 0 bridgehead atoms. The van der Waals surface area contributed by atoms with Gasteiger partial charge in [0.2, 0.25) is 0 Å². The highest BCUT2D eigenvalue weighted by molar-refractivity contribution is 4.90. The van der Waals surface area contributed by atoms with E-state index in [0.717, 1.165) is 19.0 Å². The molecule has 2 heteroatoms. The van der Waals surface area contributed by atoms with Gasteiger partial charge in [-0.2, -0.15) is 5.26 Å². The largest absolute Gasteiger partial charge is 0.299 e. The topological polar surface area (TPSA) is 27.0 Å². The molecule has 0 radical (unpaired) electrons. The van der Waals surface area contributed by atoms with Crippen molar-refractivity contribution in [1.29, 1.82) is 5.26 Å². The summed E-state index contributed by atoms with van der Waals surface area (Å²) in [7, 11) is 0. The zero-order chi connectivity index (χ0) is 9.80. The minimum Gasteiger partial charge on any atom is -0.299 e. The third-order valence-electron chi connectivity index (χ3n) is 3.73. The zero-order valence-corrected chi connectivity index (χ0v) is 8.91. The van der Waals surface area contributed by atoms with E-state index in [0.29, 0.717) is 5.92 Å². The number of nitriles is 1. The maximum absolute atomic E-state index is 8.93. The van der Waals surface area contributed by atoms with Gasteiger partial charge in [-0.1, -0.05) is 19.3 Å². The summed E-state index contributed by atoms with van der Waals surface area (Å²) in [5.41, 5.74) is 0. The molecule has 1 atom stereocenters. The Balaban J connectivity index is 1.87. The third-order valence-corrected chi connectivity index (χ3v) is 3.73. The fourth-order valence-corrected chi connectivity index (χ4v) is 2.89. The summed E-state index contributed by atoms with van der Waals surface area (Å²) in [5.74, 6) is 0.311. The van der Waals surface area contributed by atoms with Crippen molar-refractivity contribution >= 4 is 0 Å². The van der Waals surface area contributed by atoms with E-state index in [-0.39, 0.29) is 0 Å². The predicted octanol–water partition coefficient (Wildman–Crippen LogP) is 2.55. The molecule has 0 N–H and O–H groups in total. The lowest BCUT2D eigenvalue weighted by Crippen LogP contribution is -2.43. The van der Waals surface area contributed by atoms with Crippen LogP contribution in [0, 0.1) is 17.2 Å². The highest BCUT2D eigenvalue weighted by Crippen LogP contribution is 2.26. The Bertz CT molecular complexity index is 213. The van der Waals surface area contributed by atoms with Gasteiger partial charge in [0.15, 0.2) is 0 Å². The second-order valence-corrected chi connectivity index (χ2v) is 4.76. The van der Waals surface area contributed by atoms with Gasteiger partial charge < -0.3 is 0 Å². The van der Waals surface area contributed by atoms with Crippen LogP contribution in [-0.4, -0.2) is 24.0 Å². The van der Waals surface area contributed by atoms with Gasteiger partial charge in [0.1, 0.15) is 0 Å².